The van der Waals surface area contributed by atoms with Gasteiger partial charge in [-0.25, -0.2) is 8.42 Å². The fourth-order valence-corrected chi connectivity index (χ4v) is 4.56. The van der Waals surface area contributed by atoms with Gasteiger partial charge in [-0.2, -0.15) is 4.31 Å². The van der Waals surface area contributed by atoms with E-state index in [1.807, 2.05) is 6.07 Å². The number of sulfonamides is 1. The first-order valence-corrected chi connectivity index (χ1v) is 9.08. The smallest absolute Gasteiger partial charge is 0.243 e. The fourth-order valence-electron chi connectivity index (χ4n) is 3.10. The Kier molecular flexibility index (Phi) is 5.60. The van der Waals surface area contributed by atoms with E-state index in [1.54, 1.807) is 35.7 Å². The van der Waals surface area contributed by atoms with Crippen LogP contribution in [0, 0.1) is 0 Å². The normalized spacial score (nSPS) is 19.5. The largest absolute Gasteiger partial charge is 0.385 e. The van der Waals surface area contributed by atoms with Crippen molar-refractivity contribution in [3.05, 3.63) is 30.3 Å². The molecule has 0 spiro atoms. The van der Waals surface area contributed by atoms with Gasteiger partial charge in [0, 0.05) is 32.3 Å². The minimum atomic E-state index is -3.37. The first kappa shape index (κ1) is 17.4. The van der Waals surface area contributed by atoms with Gasteiger partial charge in [-0.3, -0.25) is 0 Å². The van der Waals surface area contributed by atoms with Crippen LogP contribution in [0.2, 0.25) is 0 Å². The first-order chi connectivity index (χ1) is 10.4. The standard InChI is InChI=1S/C16H26N2O3S/c1-17(2)16(11-14-21-3)9-12-18(13-10-16)22(19,20)15-7-5-4-6-8-15/h4-8H,9-14H2,1-3H3. The van der Waals surface area contributed by atoms with Crippen molar-refractivity contribution in [2.24, 2.45) is 0 Å². The molecule has 124 valence electrons. The van der Waals surface area contributed by atoms with Gasteiger partial charge in [0.15, 0.2) is 0 Å². The Morgan fingerprint density at radius 2 is 1.77 bits per heavy atom. The van der Waals surface area contributed by atoms with Crippen molar-refractivity contribution in [2.75, 3.05) is 40.9 Å². The van der Waals surface area contributed by atoms with E-state index in [0.717, 1.165) is 19.3 Å². The molecule has 0 aliphatic carbocycles. The highest BCUT2D eigenvalue weighted by Gasteiger charge is 2.39. The third kappa shape index (κ3) is 3.51. The molecule has 1 heterocycles. The van der Waals surface area contributed by atoms with Crippen LogP contribution in [0.3, 0.4) is 0 Å². The van der Waals surface area contributed by atoms with E-state index in [9.17, 15) is 8.42 Å². The number of piperidine rings is 1. The van der Waals surface area contributed by atoms with Crippen LogP contribution in [0.4, 0.5) is 0 Å². The van der Waals surface area contributed by atoms with E-state index >= 15 is 0 Å². The number of nitrogens with zero attached hydrogens (tertiary/aromatic N) is 2. The van der Waals surface area contributed by atoms with Gasteiger partial charge in [-0.15, -0.1) is 0 Å². The second kappa shape index (κ2) is 7.08. The molecule has 0 bridgehead atoms. The van der Waals surface area contributed by atoms with E-state index in [1.165, 1.54) is 0 Å². The molecule has 0 amide bonds. The van der Waals surface area contributed by atoms with Crippen LogP contribution in [-0.4, -0.2) is 64.1 Å². The van der Waals surface area contributed by atoms with Crippen LogP contribution in [0.15, 0.2) is 35.2 Å². The molecule has 1 fully saturated rings. The number of hydrogen-bond donors (Lipinski definition) is 0. The molecule has 1 aromatic carbocycles. The van der Waals surface area contributed by atoms with Crippen molar-refractivity contribution in [3.8, 4) is 0 Å². The second-order valence-corrected chi connectivity index (χ2v) is 8.02. The van der Waals surface area contributed by atoms with Crippen LogP contribution >= 0.6 is 0 Å². The molecule has 1 aliphatic rings. The summed E-state index contributed by atoms with van der Waals surface area (Å²) < 4.78 is 32.2. The summed E-state index contributed by atoms with van der Waals surface area (Å²) in [6.07, 6.45) is 2.58. The minimum absolute atomic E-state index is 0.0265. The Balaban J connectivity index is 2.11. The van der Waals surface area contributed by atoms with Crippen LogP contribution in [-0.2, 0) is 14.8 Å². The highest BCUT2D eigenvalue weighted by atomic mass is 32.2. The Morgan fingerprint density at radius 1 is 1.18 bits per heavy atom. The minimum Gasteiger partial charge on any atom is -0.385 e. The van der Waals surface area contributed by atoms with E-state index in [4.69, 9.17) is 4.74 Å². The maximum atomic E-state index is 12.7. The van der Waals surface area contributed by atoms with Gasteiger partial charge in [0.2, 0.25) is 10.0 Å². The molecule has 1 saturated heterocycles. The van der Waals surface area contributed by atoms with Gasteiger partial charge in [0.25, 0.3) is 0 Å². The molecular formula is C16H26N2O3S. The van der Waals surface area contributed by atoms with E-state index < -0.39 is 10.0 Å². The summed E-state index contributed by atoms with van der Waals surface area (Å²) >= 11 is 0. The third-order valence-electron chi connectivity index (χ3n) is 4.75. The van der Waals surface area contributed by atoms with Crippen LogP contribution < -0.4 is 0 Å². The van der Waals surface area contributed by atoms with Gasteiger partial charge < -0.3 is 9.64 Å². The van der Waals surface area contributed by atoms with Crippen molar-refractivity contribution < 1.29 is 13.2 Å². The highest BCUT2D eigenvalue weighted by molar-refractivity contribution is 7.89. The van der Waals surface area contributed by atoms with Gasteiger partial charge in [-0.05, 0) is 45.5 Å². The van der Waals surface area contributed by atoms with E-state index in [2.05, 4.69) is 19.0 Å². The molecule has 6 heteroatoms. The molecule has 2 rings (SSSR count). The summed E-state index contributed by atoms with van der Waals surface area (Å²) in [5.41, 5.74) is 0.0265. The zero-order chi connectivity index (χ0) is 16.2. The van der Waals surface area contributed by atoms with Crippen molar-refractivity contribution >= 4 is 10.0 Å². The lowest BCUT2D eigenvalue weighted by molar-refractivity contribution is 0.0467. The summed E-state index contributed by atoms with van der Waals surface area (Å²) in [7, 11) is 2.46. The topological polar surface area (TPSA) is 49.9 Å². The molecule has 0 aromatic heterocycles. The predicted molar refractivity (Wildman–Crippen MR) is 87.3 cm³/mol. The molecule has 1 aliphatic heterocycles. The van der Waals surface area contributed by atoms with Gasteiger partial charge >= 0.3 is 0 Å². The molecular weight excluding hydrogens is 300 g/mol. The quantitative estimate of drug-likeness (QED) is 0.800. The molecule has 0 N–H and O–H groups in total. The summed E-state index contributed by atoms with van der Waals surface area (Å²) in [5.74, 6) is 0. The van der Waals surface area contributed by atoms with Crippen LogP contribution in [0.1, 0.15) is 19.3 Å². The molecule has 0 saturated carbocycles. The summed E-state index contributed by atoms with van der Waals surface area (Å²) in [6.45, 7) is 1.81. The molecule has 1 aromatic rings. The lowest BCUT2D eigenvalue weighted by Gasteiger charge is -2.45. The van der Waals surface area contributed by atoms with Crippen molar-refractivity contribution in [1.82, 2.24) is 9.21 Å². The summed E-state index contributed by atoms with van der Waals surface area (Å²) in [5, 5.41) is 0. The lowest BCUT2D eigenvalue weighted by atomic mass is 9.84. The monoisotopic (exact) mass is 326 g/mol. The SMILES string of the molecule is COCCC1(N(C)C)CCN(S(=O)(=O)c2ccccc2)CC1. The summed E-state index contributed by atoms with van der Waals surface area (Å²) in [6, 6.07) is 8.68. The lowest BCUT2D eigenvalue weighted by Crippen LogP contribution is -2.54. The third-order valence-corrected chi connectivity index (χ3v) is 6.67. The number of rotatable bonds is 6. The highest BCUT2D eigenvalue weighted by Crippen LogP contribution is 2.32. The van der Waals surface area contributed by atoms with Gasteiger partial charge in [0.1, 0.15) is 0 Å². The maximum absolute atomic E-state index is 12.7. The average Bonchev–Trinajstić information content (AvgIpc) is 2.54. The fraction of sp³-hybridized carbons (Fsp3) is 0.625. The number of benzene rings is 1. The molecule has 0 radical (unpaired) electrons. The average molecular weight is 326 g/mol. The predicted octanol–water partition coefficient (Wildman–Crippen LogP) is 1.81. The molecule has 0 unspecified atom stereocenters. The Labute approximate surface area is 133 Å². The molecule has 5 nitrogen and oxygen atoms in total. The Bertz CT molecular complexity index is 564. The zero-order valence-electron chi connectivity index (χ0n) is 13.7. The molecule has 0 atom stereocenters. The van der Waals surface area contributed by atoms with E-state index in [-0.39, 0.29) is 5.54 Å². The Morgan fingerprint density at radius 3 is 2.27 bits per heavy atom. The van der Waals surface area contributed by atoms with Crippen molar-refractivity contribution in [3.63, 3.8) is 0 Å². The summed E-state index contributed by atoms with van der Waals surface area (Å²) in [4.78, 5) is 2.60. The number of ether oxygens (including phenoxy) is 1. The van der Waals surface area contributed by atoms with Crippen molar-refractivity contribution in [1.29, 1.82) is 0 Å². The molecule has 22 heavy (non-hydrogen) atoms. The first-order valence-electron chi connectivity index (χ1n) is 7.64. The van der Waals surface area contributed by atoms with E-state index in [0.29, 0.717) is 24.6 Å². The number of methoxy groups -OCH3 is 1. The number of hydrogen-bond acceptors (Lipinski definition) is 4. The van der Waals surface area contributed by atoms with Crippen molar-refractivity contribution in [2.45, 2.75) is 29.7 Å². The van der Waals surface area contributed by atoms with Gasteiger partial charge in [-0.1, -0.05) is 18.2 Å². The Hall–Kier alpha value is -0.950. The zero-order valence-corrected chi connectivity index (χ0v) is 14.5. The van der Waals surface area contributed by atoms with Gasteiger partial charge in [0.05, 0.1) is 4.90 Å². The maximum Gasteiger partial charge on any atom is 0.243 e. The van der Waals surface area contributed by atoms with Crippen LogP contribution in [0.25, 0.3) is 0 Å². The van der Waals surface area contributed by atoms with Crippen LogP contribution in [0.5, 0.6) is 0 Å². The second-order valence-electron chi connectivity index (χ2n) is 6.08.